The van der Waals surface area contributed by atoms with Crippen LogP contribution in [0, 0.1) is 0 Å². The first kappa shape index (κ1) is 13.1. The lowest BCUT2D eigenvalue weighted by molar-refractivity contribution is 0.354. The van der Waals surface area contributed by atoms with Gasteiger partial charge in [-0.15, -0.1) is 12.4 Å². The lowest BCUT2D eigenvalue weighted by atomic mass is 10.1. The van der Waals surface area contributed by atoms with Crippen LogP contribution in [0.25, 0.3) is 0 Å². The molecule has 0 saturated heterocycles. The van der Waals surface area contributed by atoms with E-state index >= 15 is 0 Å². The number of methoxy groups -OCH3 is 2. The van der Waals surface area contributed by atoms with Crippen molar-refractivity contribution in [3.05, 3.63) is 23.8 Å². The van der Waals surface area contributed by atoms with E-state index in [1.807, 2.05) is 25.1 Å². The molecule has 80 valence electrons. The van der Waals surface area contributed by atoms with E-state index in [0.717, 1.165) is 17.1 Å². The molecule has 1 aromatic rings. The Balaban J connectivity index is 0.00000169. The summed E-state index contributed by atoms with van der Waals surface area (Å²) in [5.74, 6) is 1.45. The van der Waals surface area contributed by atoms with Gasteiger partial charge in [0.05, 0.1) is 14.2 Å². The first-order valence-corrected chi connectivity index (χ1v) is 4.16. The molecule has 1 atom stereocenters. The largest absolute Gasteiger partial charge is 0.493 e. The average Bonchev–Trinajstić information content (AvgIpc) is 2.16. The van der Waals surface area contributed by atoms with Gasteiger partial charge in [0.25, 0.3) is 0 Å². The maximum atomic E-state index is 5.73. The molecule has 0 saturated carbocycles. The van der Waals surface area contributed by atoms with Gasteiger partial charge in [0.1, 0.15) is 0 Å². The number of ether oxygens (including phenoxy) is 2. The molecule has 0 aliphatic carbocycles. The molecule has 0 spiro atoms. The minimum atomic E-state index is 0. The summed E-state index contributed by atoms with van der Waals surface area (Å²) in [5, 5.41) is 0. The van der Waals surface area contributed by atoms with Crippen molar-refractivity contribution in [1.29, 1.82) is 0 Å². The van der Waals surface area contributed by atoms with E-state index < -0.39 is 0 Å². The fourth-order valence-corrected chi connectivity index (χ4v) is 1.14. The Morgan fingerprint density at radius 1 is 1.14 bits per heavy atom. The van der Waals surface area contributed by atoms with Crippen LogP contribution in [-0.4, -0.2) is 14.2 Å². The number of halogens is 1. The van der Waals surface area contributed by atoms with Crippen LogP contribution in [0.4, 0.5) is 0 Å². The molecule has 3 nitrogen and oxygen atoms in total. The van der Waals surface area contributed by atoms with Crippen molar-refractivity contribution in [2.24, 2.45) is 5.73 Å². The Hall–Kier alpha value is -0.930. The highest BCUT2D eigenvalue weighted by molar-refractivity contribution is 5.85. The maximum absolute atomic E-state index is 5.73. The smallest absolute Gasteiger partial charge is 0.161 e. The molecule has 14 heavy (non-hydrogen) atoms. The Kier molecular flexibility index (Phi) is 5.35. The fraction of sp³-hybridized carbons (Fsp3) is 0.400. The molecule has 0 aromatic heterocycles. The van der Waals surface area contributed by atoms with E-state index in [1.165, 1.54) is 0 Å². The van der Waals surface area contributed by atoms with Crippen LogP contribution in [0.3, 0.4) is 0 Å². The first-order chi connectivity index (χ1) is 6.19. The second kappa shape index (κ2) is 5.73. The zero-order chi connectivity index (χ0) is 9.84. The molecule has 0 bridgehead atoms. The molecule has 0 fully saturated rings. The zero-order valence-corrected chi connectivity index (χ0v) is 9.43. The fourth-order valence-electron chi connectivity index (χ4n) is 1.14. The molecule has 0 heterocycles. The molecule has 0 amide bonds. The third-order valence-electron chi connectivity index (χ3n) is 1.93. The highest BCUT2D eigenvalue weighted by Gasteiger charge is 2.06. The summed E-state index contributed by atoms with van der Waals surface area (Å²) in [4.78, 5) is 0. The van der Waals surface area contributed by atoms with Crippen molar-refractivity contribution in [3.8, 4) is 11.5 Å². The van der Waals surface area contributed by atoms with Gasteiger partial charge in [-0.05, 0) is 24.6 Å². The van der Waals surface area contributed by atoms with E-state index in [4.69, 9.17) is 15.2 Å². The normalized spacial score (nSPS) is 11.4. The molecule has 0 aliphatic rings. The lowest BCUT2D eigenvalue weighted by Crippen LogP contribution is -2.05. The zero-order valence-electron chi connectivity index (χ0n) is 8.61. The summed E-state index contributed by atoms with van der Waals surface area (Å²) < 4.78 is 10.3. The van der Waals surface area contributed by atoms with Gasteiger partial charge in [0, 0.05) is 6.04 Å². The minimum absolute atomic E-state index is 0. The van der Waals surface area contributed by atoms with Crippen molar-refractivity contribution >= 4 is 12.4 Å². The van der Waals surface area contributed by atoms with E-state index in [9.17, 15) is 0 Å². The SMILES string of the molecule is COc1ccc(C(C)N)cc1OC.Cl. The Morgan fingerprint density at radius 2 is 1.71 bits per heavy atom. The molecule has 1 aromatic carbocycles. The molecule has 1 rings (SSSR count). The number of nitrogens with two attached hydrogens (primary N) is 1. The third-order valence-corrected chi connectivity index (χ3v) is 1.93. The van der Waals surface area contributed by atoms with Gasteiger partial charge < -0.3 is 15.2 Å². The summed E-state index contributed by atoms with van der Waals surface area (Å²) >= 11 is 0. The van der Waals surface area contributed by atoms with Crippen molar-refractivity contribution in [3.63, 3.8) is 0 Å². The number of rotatable bonds is 3. The van der Waals surface area contributed by atoms with Crippen LogP contribution < -0.4 is 15.2 Å². The number of hydrogen-bond donors (Lipinski definition) is 1. The van der Waals surface area contributed by atoms with Gasteiger partial charge >= 0.3 is 0 Å². The van der Waals surface area contributed by atoms with Gasteiger partial charge in [0.15, 0.2) is 11.5 Å². The van der Waals surface area contributed by atoms with E-state index in [1.54, 1.807) is 14.2 Å². The average molecular weight is 218 g/mol. The third kappa shape index (κ3) is 2.79. The van der Waals surface area contributed by atoms with E-state index in [-0.39, 0.29) is 18.4 Å². The van der Waals surface area contributed by atoms with E-state index in [0.29, 0.717) is 0 Å². The van der Waals surface area contributed by atoms with Crippen LogP contribution in [0.1, 0.15) is 18.5 Å². The molecular formula is C10H16ClNO2. The topological polar surface area (TPSA) is 44.5 Å². The molecule has 4 heteroatoms. The van der Waals surface area contributed by atoms with Crippen molar-refractivity contribution in [2.75, 3.05) is 14.2 Å². The summed E-state index contributed by atoms with van der Waals surface area (Å²) in [6, 6.07) is 5.70. The highest BCUT2D eigenvalue weighted by atomic mass is 35.5. The van der Waals surface area contributed by atoms with Crippen LogP contribution in [0.15, 0.2) is 18.2 Å². The van der Waals surface area contributed by atoms with Gasteiger partial charge in [-0.2, -0.15) is 0 Å². The maximum Gasteiger partial charge on any atom is 0.161 e. The summed E-state index contributed by atoms with van der Waals surface area (Å²) in [6.45, 7) is 1.93. The monoisotopic (exact) mass is 217 g/mol. The van der Waals surface area contributed by atoms with Crippen molar-refractivity contribution in [1.82, 2.24) is 0 Å². The van der Waals surface area contributed by atoms with Gasteiger partial charge in [0.2, 0.25) is 0 Å². The van der Waals surface area contributed by atoms with Crippen molar-refractivity contribution in [2.45, 2.75) is 13.0 Å². The number of hydrogen-bond acceptors (Lipinski definition) is 3. The molecule has 0 radical (unpaired) electrons. The lowest BCUT2D eigenvalue weighted by Gasteiger charge is -2.11. The Bertz CT molecular complexity index is 289. The summed E-state index contributed by atoms with van der Waals surface area (Å²) in [5.41, 5.74) is 6.77. The standard InChI is InChI=1S/C10H15NO2.ClH/c1-7(11)8-4-5-9(12-2)10(6-8)13-3;/h4-7H,11H2,1-3H3;1H. The van der Waals surface area contributed by atoms with Gasteiger partial charge in [-0.1, -0.05) is 6.07 Å². The predicted molar refractivity (Wildman–Crippen MR) is 59.4 cm³/mol. The molecule has 0 aliphatic heterocycles. The second-order valence-corrected chi connectivity index (χ2v) is 2.90. The van der Waals surface area contributed by atoms with E-state index in [2.05, 4.69) is 0 Å². The van der Waals surface area contributed by atoms with Crippen LogP contribution in [0.2, 0.25) is 0 Å². The van der Waals surface area contributed by atoms with Crippen molar-refractivity contribution < 1.29 is 9.47 Å². The van der Waals surface area contributed by atoms with Crippen LogP contribution in [-0.2, 0) is 0 Å². The van der Waals surface area contributed by atoms with Gasteiger partial charge in [-0.25, -0.2) is 0 Å². The summed E-state index contributed by atoms with van der Waals surface area (Å²) in [7, 11) is 3.23. The molecule has 2 N–H and O–H groups in total. The number of benzene rings is 1. The Labute approximate surface area is 90.6 Å². The highest BCUT2D eigenvalue weighted by Crippen LogP contribution is 2.29. The van der Waals surface area contributed by atoms with Crippen LogP contribution in [0.5, 0.6) is 11.5 Å². The molecular weight excluding hydrogens is 202 g/mol. The van der Waals surface area contributed by atoms with Gasteiger partial charge in [-0.3, -0.25) is 0 Å². The predicted octanol–water partition coefficient (Wildman–Crippen LogP) is 2.15. The Morgan fingerprint density at radius 3 is 2.14 bits per heavy atom. The van der Waals surface area contributed by atoms with Crippen LogP contribution >= 0.6 is 12.4 Å². The minimum Gasteiger partial charge on any atom is -0.493 e. The first-order valence-electron chi connectivity index (χ1n) is 4.16. The molecule has 1 unspecified atom stereocenters. The summed E-state index contributed by atoms with van der Waals surface area (Å²) in [6.07, 6.45) is 0. The second-order valence-electron chi connectivity index (χ2n) is 2.90. The quantitative estimate of drug-likeness (QED) is 0.844.